The quantitative estimate of drug-likeness (QED) is 0.604. The maximum absolute atomic E-state index is 12.4. The highest BCUT2D eigenvalue weighted by Crippen LogP contribution is 2.27. The molecule has 8 nitrogen and oxygen atoms in total. The highest BCUT2D eigenvalue weighted by molar-refractivity contribution is 6.31. The van der Waals surface area contributed by atoms with Crippen LogP contribution >= 0.6 is 11.6 Å². The third-order valence-corrected chi connectivity index (χ3v) is 4.45. The van der Waals surface area contributed by atoms with Gasteiger partial charge in [-0.3, -0.25) is 4.79 Å². The fourth-order valence-corrected chi connectivity index (χ4v) is 2.72. The number of likely N-dealkylation sites (N-methyl/N-ethyl adjacent to an activating group) is 1. The molecule has 0 aliphatic rings. The van der Waals surface area contributed by atoms with Gasteiger partial charge in [0.25, 0.3) is 0 Å². The zero-order valence-corrected chi connectivity index (χ0v) is 15.6. The van der Waals surface area contributed by atoms with Gasteiger partial charge in [-0.05, 0) is 26.3 Å². The number of aromatic amines is 1. The van der Waals surface area contributed by atoms with Gasteiger partial charge in [-0.25, -0.2) is 15.0 Å². The minimum atomic E-state index is -0.820. The van der Waals surface area contributed by atoms with Crippen LogP contribution in [0.3, 0.4) is 0 Å². The van der Waals surface area contributed by atoms with Crippen LogP contribution < -0.4 is 10.6 Å². The standard InChI is InChI=1S/C17H20ClN7O.3H2/c1-4-17(3,15(26)19-5-2)25-16-23-9-22-14(24-16)12-8-21-13-11(12)6-10(18)7-20-13;;;/h6-9H,4-5H2,1-3H3,(H,19,26)(H,20,21)(H,22,23,24,25);3*1H/t17-;;;/m1.../s1. The second-order valence-corrected chi connectivity index (χ2v) is 6.49. The average molecular weight is 380 g/mol. The molecule has 0 unspecified atom stereocenters. The number of carbonyl (C=O) groups excluding carboxylic acids is 1. The maximum Gasteiger partial charge on any atom is 0.245 e. The molecule has 1 amide bonds. The second kappa shape index (κ2) is 7.25. The van der Waals surface area contributed by atoms with Crippen molar-refractivity contribution in [2.24, 2.45) is 0 Å². The van der Waals surface area contributed by atoms with Gasteiger partial charge < -0.3 is 15.6 Å². The number of anilines is 1. The summed E-state index contributed by atoms with van der Waals surface area (Å²) in [5, 5.41) is 7.30. The molecule has 0 saturated heterocycles. The van der Waals surface area contributed by atoms with Crippen LogP contribution in [0.5, 0.6) is 0 Å². The number of hydrogen-bond acceptors (Lipinski definition) is 6. The Morgan fingerprint density at radius 3 is 2.88 bits per heavy atom. The van der Waals surface area contributed by atoms with Gasteiger partial charge in [-0.2, -0.15) is 4.98 Å². The van der Waals surface area contributed by atoms with E-state index in [2.05, 4.69) is 35.6 Å². The number of nitrogens with one attached hydrogen (secondary N) is 3. The molecule has 3 aromatic rings. The Hall–Kier alpha value is -2.74. The first-order valence-corrected chi connectivity index (χ1v) is 8.73. The largest absolute Gasteiger partial charge is 0.354 e. The summed E-state index contributed by atoms with van der Waals surface area (Å²) in [6, 6.07) is 1.80. The predicted octanol–water partition coefficient (Wildman–Crippen LogP) is 3.52. The lowest BCUT2D eigenvalue weighted by Gasteiger charge is -2.28. The van der Waals surface area contributed by atoms with E-state index in [4.69, 9.17) is 11.6 Å². The van der Waals surface area contributed by atoms with E-state index in [0.29, 0.717) is 35.4 Å². The summed E-state index contributed by atoms with van der Waals surface area (Å²) >= 11 is 6.05. The number of pyridine rings is 1. The number of hydrogen-bond donors (Lipinski definition) is 3. The van der Waals surface area contributed by atoms with Crippen LogP contribution in [0.4, 0.5) is 5.95 Å². The molecule has 3 rings (SSSR count). The summed E-state index contributed by atoms with van der Waals surface area (Å²) in [7, 11) is 0. The van der Waals surface area contributed by atoms with Gasteiger partial charge in [0.15, 0.2) is 5.82 Å². The van der Waals surface area contributed by atoms with Crippen molar-refractivity contribution in [1.29, 1.82) is 0 Å². The molecule has 26 heavy (non-hydrogen) atoms. The molecule has 3 N–H and O–H groups in total. The topological polar surface area (TPSA) is 108 Å². The molecular weight excluding hydrogens is 354 g/mol. The van der Waals surface area contributed by atoms with Crippen molar-refractivity contribution >= 4 is 34.5 Å². The maximum atomic E-state index is 12.4. The first-order valence-electron chi connectivity index (χ1n) is 8.35. The summed E-state index contributed by atoms with van der Waals surface area (Å²) in [6.45, 7) is 6.18. The van der Waals surface area contributed by atoms with Gasteiger partial charge in [-0.1, -0.05) is 18.5 Å². The van der Waals surface area contributed by atoms with E-state index in [1.54, 1.807) is 18.5 Å². The summed E-state index contributed by atoms with van der Waals surface area (Å²) in [6.07, 6.45) is 5.33. The number of fused-ring (bicyclic) bond motifs is 1. The van der Waals surface area contributed by atoms with E-state index in [-0.39, 0.29) is 10.2 Å². The molecule has 3 heterocycles. The molecule has 142 valence electrons. The normalized spacial score (nSPS) is 13.4. The monoisotopic (exact) mass is 379 g/mol. The van der Waals surface area contributed by atoms with Crippen LogP contribution in [-0.2, 0) is 4.79 Å². The zero-order chi connectivity index (χ0) is 18.7. The number of H-pyrrole nitrogens is 1. The van der Waals surface area contributed by atoms with E-state index >= 15 is 0 Å². The fourth-order valence-electron chi connectivity index (χ4n) is 2.56. The molecule has 0 aliphatic carbocycles. The number of aromatic nitrogens is 5. The van der Waals surface area contributed by atoms with Crippen LogP contribution in [-0.4, -0.2) is 42.9 Å². The fraction of sp³-hybridized carbons (Fsp3) is 0.353. The first-order chi connectivity index (χ1) is 12.5. The lowest BCUT2D eigenvalue weighted by atomic mass is 9.98. The SMILES string of the molecule is CCNC(=O)[C@@](C)(CC)Nc1ncnc(-c2c[nH]c3ncc(Cl)cc23)n1.[HH].[HH].[HH]. The minimum Gasteiger partial charge on any atom is -0.354 e. The average Bonchev–Trinajstić information content (AvgIpc) is 3.05. The Labute approximate surface area is 160 Å². The molecule has 1 atom stereocenters. The Bertz CT molecular complexity index is 956. The summed E-state index contributed by atoms with van der Waals surface area (Å²) < 4.78 is 0. The molecule has 3 aromatic heterocycles. The van der Waals surface area contributed by atoms with Crippen molar-refractivity contribution in [2.45, 2.75) is 32.7 Å². The summed E-state index contributed by atoms with van der Waals surface area (Å²) in [5.41, 5.74) is 0.636. The van der Waals surface area contributed by atoms with Gasteiger partial charge in [0.05, 0.1) is 5.02 Å². The van der Waals surface area contributed by atoms with Gasteiger partial charge >= 0.3 is 0 Å². The van der Waals surface area contributed by atoms with Gasteiger partial charge in [0, 0.05) is 34.2 Å². The molecule has 0 spiro atoms. The number of carbonyl (C=O) groups is 1. The van der Waals surface area contributed by atoms with E-state index in [9.17, 15) is 4.79 Å². The Morgan fingerprint density at radius 1 is 1.35 bits per heavy atom. The number of nitrogens with zero attached hydrogens (tertiary/aromatic N) is 4. The van der Waals surface area contributed by atoms with Crippen molar-refractivity contribution in [3.63, 3.8) is 0 Å². The van der Waals surface area contributed by atoms with Crippen LogP contribution in [0.2, 0.25) is 5.02 Å². The van der Waals surface area contributed by atoms with Crippen LogP contribution in [0.1, 0.15) is 31.5 Å². The predicted molar refractivity (Wildman–Crippen MR) is 107 cm³/mol. The smallest absolute Gasteiger partial charge is 0.245 e. The second-order valence-electron chi connectivity index (χ2n) is 6.05. The third kappa shape index (κ3) is 3.45. The lowest BCUT2D eigenvalue weighted by Crippen LogP contribution is -2.50. The van der Waals surface area contributed by atoms with Gasteiger partial charge in [0.1, 0.15) is 17.5 Å². The van der Waals surface area contributed by atoms with Crippen molar-refractivity contribution in [3.8, 4) is 11.4 Å². The molecule has 0 bridgehead atoms. The van der Waals surface area contributed by atoms with E-state index in [1.807, 2.05) is 20.8 Å². The van der Waals surface area contributed by atoms with Crippen LogP contribution in [0, 0.1) is 0 Å². The molecule has 0 fully saturated rings. The number of amides is 1. The molecule has 0 aromatic carbocycles. The number of halogens is 1. The summed E-state index contributed by atoms with van der Waals surface area (Å²) in [5.74, 6) is 0.689. The molecule has 0 radical (unpaired) electrons. The lowest BCUT2D eigenvalue weighted by molar-refractivity contribution is -0.125. The van der Waals surface area contributed by atoms with Crippen LogP contribution in [0.25, 0.3) is 22.4 Å². The van der Waals surface area contributed by atoms with E-state index in [0.717, 1.165) is 10.9 Å². The number of rotatable bonds is 6. The third-order valence-electron chi connectivity index (χ3n) is 4.24. The highest BCUT2D eigenvalue weighted by Gasteiger charge is 2.31. The van der Waals surface area contributed by atoms with Crippen molar-refractivity contribution in [1.82, 2.24) is 30.2 Å². The molecule has 0 saturated carbocycles. The first kappa shape index (κ1) is 18.1. The van der Waals surface area contributed by atoms with Crippen LogP contribution in [0.15, 0.2) is 24.8 Å². The van der Waals surface area contributed by atoms with Gasteiger partial charge in [-0.15, -0.1) is 0 Å². The Kier molecular flexibility index (Phi) is 5.03. The zero-order valence-electron chi connectivity index (χ0n) is 14.8. The Balaban J connectivity index is 0.00000261. The van der Waals surface area contributed by atoms with Crippen molar-refractivity contribution in [3.05, 3.63) is 29.8 Å². The molecule has 0 aliphatic heterocycles. The Morgan fingerprint density at radius 2 is 2.15 bits per heavy atom. The van der Waals surface area contributed by atoms with Crippen molar-refractivity contribution < 1.29 is 9.07 Å². The van der Waals surface area contributed by atoms with E-state index in [1.165, 1.54) is 6.33 Å². The van der Waals surface area contributed by atoms with Gasteiger partial charge in [0.2, 0.25) is 11.9 Å². The van der Waals surface area contributed by atoms with Crippen molar-refractivity contribution in [2.75, 3.05) is 11.9 Å². The minimum absolute atomic E-state index is 0. The van der Waals surface area contributed by atoms with E-state index < -0.39 is 5.54 Å². The molecule has 9 heteroatoms. The highest BCUT2D eigenvalue weighted by atomic mass is 35.5. The molecular formula is C17H26ClN7O. The summed E-state index contributed by atoms with van der Waals surface area (Å²) in [4.78, 5) is 32.5.